The molecule has 3 N–H and O–H groups in total. The van der Waals surface area contributed by atoms with E-state index in [1.54, 1.807) is 20.3 Å². The van der Waals surface area contributed by atoms with Crippen molar-refractivity contribution in [1.82, 2.24) is 0 Å². The fourth-order valence-corrected chi connectivity index (χ4v) is 2.72. The van der Waals surface area contributed by atoms with Gasteiger partial charge in [-0.05, 0) is 17.9 Å². The van der Waals surface area contributed by atoms with Crippen LogP contribution in [0, 0.1) is 0 Å². The van der Waals surface area contributed by atoms with Gasteiger partial charge in [0.25, 0.3) is 0 Å². The van der Waals surface area contributed by atoms with Gasteiger partial charge < -0.3 is 20.3 Å². The number of halogens is 1. The lowest BCUT2D eigenvalue weighted by Crippen LogP contribution is -2.16. The average Bonchev–Trinajstić information content (AvgIpc) is 2.42. The molecule has 0 aliphatic carbocycles. The van der Waals surface area contributed by atoms with E-state index in [1.165, 1.54) is 0 Å². The Balaban J connectivity index is 3.38. The summed E-state index contributed by atoms with van der Waals surface area (Å²) < 4.78 is 10.7. The highest BCUT2D eigenvalue weighted by Gasteiger charge is 2.25. The Morgan fingerprint density at radius 3 is 2.38 bits per heavy atom. The van der Waals surface area contributed by atoms with Crippen LogP contribution < -0.4 is 15.2 Å². The van der Waals surface area contributed by atoms with E-state index in [4.69, 9.17) is 31.9 Å². The second kappa shape index (κ2) is 7.52. The number of carboxylic acids is 1. The molecule has 0 fully saturated rings. The van der Waals surface area contributed by atoms with Crippen LogP contribution in [0.2, 0.25) is 5.02 Å². The van der Waals surface area contributed by atoms with E-state index in [0.717, 1.165) is 11.1 Å². The summed E-state index contributed by atoms with van der Waals surface area (Å²) in [5.74, 6) is 0.365. The normalized spacial score (nSPS) is 12.3. The fraction of sp³-hybridized carbons (Fsp3) is 0.533. The number of methoxy groups -OCH3 is 2. The van der Waals surface area contributed by atoms with Crippen molar-refractivity contribution in [2.45, 2.75) is 38.6 Å². The molecule has 118 valence electrons. The lowest BCUT2D eigenvalue weighted by Gasteiger charge is -2.24. The Kier molecular flexibility index (Phi) is 6.30. The topological polar surface area (TPSA) is 81.8 Å². The molecule has 1 aromatic carbocycles. The maximum atomic E-state index is 10.7. The van der Waals surface area contributed by atoms with Crippen molar-refractivity contribution >= 4 is 17.6 Å². The molecule has 5 nitrogen and oxygen atoms in total. The zero-order valence-electron chi connectivity index (χ0n) is 12.8. The molecule has 0 heterocycles. The Hall–Kier alpha value is -1.46. The molecule has 6 heteroatoms. The number of hydrogen-bond donors (Lipinski definition) is 2. The van der Waals surface area contributed by atoms with E-state index in [9.17, 15) is 4.79 Å². The summed E-state index contributed by atoms with van der Waals surface area (Å²) in [6, 6.07) is 1.19. The molecule has 21 heavy (non-hydrogen) atoms. The van der Waals surface area contributed by atoms with Gasteiger partial charge in [-0.3, -0.25) is 4.79 Å². The molecular formula is C15H22ClNO4. The molecule has 0 spiro atoms. The monoisotopic (exact) mass is 315 g/mol. The van der Waals surface area contributed by atoms with Gasteiger partial charge in [0.2, 0.25) is 0 Å². The third-order valence-electron chi connectivity index (χ3n) is 3.32. The van der Waals surface area contributed by atoms with Gasteiger partial charge in [0.15, 0.2) is 11.5 Å². The number of aliphatic carboxylic acids is 1. The van der Waals surface area contributed by atoms with Gasteiger partial charge in [0.1, 0.15) is 0 Å². The molecule has 0 amide bonds. The van der Waals surface area contributed by atoms with Crippen molar-refractivity contribution in [1.29, 1.82) is 0 Å². The van der Waals surface area contributed by atoms with Crippen LogP contribution in [0.4, 0.5) is 0 Å². The van der Waals surface area contributed by atoms with Crippen LogP contribution in [0.15, 0.2) is 6.07 Å². The number of hydrogen-bond acceptors (Lipinski definition) is 4. The molecule has 0 saturated heterocycles. The highest BCUT2D eigenvalue weighted by molar-refractivity contribution is 6.31. The van der Waals surface area contributed by atoms with Crippen LogP contribution in [0.5, 0.6) is 11.5 Å². The summed E-state index contributed by atoms with van der Waals surface area (Å²) in [5.41, 5.74) is 7.74. The van der Waals surface area contributed by atoms with E-state index < -0.39 is 12.0 Å². The number of rotatable bonds is 7. The van der Waals surface area contributed by atoms with Gasteiger partial charge in [-0.15, -0.1) is 0 Å². The average molecular weight is 316 g/mol. The van der Waals surface area contributed by atoms with Crippen LogP contribution in [-0.2, 0) is 4.79 Å². The standard InChI is InChI=1S/C15H22ClNO4/c1-8(2)13-14(10(17)5-6-12(18)19)9(16)7-11(20-3)15(13)21-4/h7-8,10H,5-6,17H2,1-4H3,(H,18,19). The van der Waals surface area contributed by atoms with Crippen LogP contribution in [0.25, 0.3) is 0 Å². The van der Waals surface area contributed by atoms with Gasteiger partial charge >= 0.3 is 5.97 Å². The van der Waals surface area contributed by atoms with E-state index in [0.29, 0.717) is 22.9 Å². The summed E-state index contributed by atoms with van der Waals surface area (Å²) >= 11 is 6.33. The zero-order chi connectivity index (χ0) is 16.2. The van der Waals surface area contributed by atoms with Crippen LogP contribution in [-0.4, -0.2) is 25.3 Å². The third kappa shape index (κ3) is 4.02. The molecule has 1 rings (SSSR count). The maximum absolute atomic E-state index is 10.7. The molecule has 0 radical (unpaired) electrons. The first-order valence-corrected chi connectivity index (χ1v) is 7.12. The van der Waals surface area contributed by atoms with Gasteiger partial charge in [-0.2, -0.15) is 0 Å². The lowest BCUT2D eigenvalue weighted by atomic mass is 9.89. The second-order valence-corrected chi connectivity index (χ2v) is 5.52. The molecule has 0 aliphatic heterocycles. The van der Waals surface area contributed by atoms with E-state index in [2.05, 4.69) is 0 Å². The summed E-state index contributed by atoms with van der Waals surface area (Å²) in [5, 5.41) is 9.27. The minimum atomic E-state index is -0.881. The predicted molar refractivity (Wildman–Crippen MR) is 82.4 cm³/mol. The number of carbonyl (C=O) groups is 1. The minimum Gasteiger partial charge on any atom is -0.493 e. The summed E-state index contributed by atoms with van der Waals surface area (Å²) in [4.78, 5) is 10.7. The van der Waals surface area contributed by atoms with Crippen LogP contribution in [0.3, 0.4) is 0 Å². The molecule has 0 aliphatic rings. The summed E-state index contributed by atoms with van der Waals surface area (Å²) in [6.07, 6.45) is 0.299. The van der Waals surface area contributed by atoms with Gasteiger partial charge in [-0.25, -0.2) is 0 Å². The SMILES string of the molecule is COc1cc(Cl)c(C(N)CCC(=O)O)c(C(C)C)c1OC. The summed E-state index contributed by atoms with van der Waals surface area (Å²) in [6.45, 7) is 4.00. The Labute approximate surface area is 130 Å². The zero-order valence-corrected chi connectivity index (χ0v) is 13.5. The largest absolute Gasteiger partial charge is 0.493 e. The Morgan fingerprint density at radius 1 is 1.33 bits per heavy atom. The van der Waals surface area contributed by atoms with Crippen molar-refractivity contribution in [3.63, 3.8) is 0 Å². The van der Waals surface area contributed by atoms with Gasteiger partial charge in [-0.1, -0.05) is 25.4 Å². The van der Waals surface area contributed by atoms with E-state index in [-0.39, 0.29) is 12.3 Å². The van der Waals surface area contributed by atoms with Crippen molar-refractivity contribution in [3.05, 3.63) is 22.2 Å². The number of nitrogens with two attached hydrogens (primary N) is 1. The smallest absolute Gasteiger partial charge is 0.303 e. The fourth-order valence-electron chi connectivity index (χ4n) is 2.38. The first-order chi connectivity index (χ1) is 9.83. The van der Waals surface area contributed by atoms with Gasteiger partial charge in [0.05, 0.1) is 14.2 Å². The molecule has 1 atom stereocenters. The molecule has 1 unspecified atom stereocenters. The number of benzene rings is 1. The van der Waals surface area contributed by atoms with Crippen molar-refractivity contribution in [2.75, 3.05) is 14.2 Å². The second-order valence-electron chi connectivity index (χ2n) is 5.11. The highest BCUT2D eigenvalue weighted by atomic mass is 35.5. The third-order valence-corrected chi connectivity index (χ3v) is 3.63. The van der Waals surface area contributed by atoms with Crippen molar-refractivity contribution in [3.8, 4) is 11.5 Å². The van der Waals surface area contributed by atoms with E-state index >= 15 is 0 Å². The molecule has 0 bridgehead atoms. The Bertz CT molecular complexity index is 517. The number of ether oxygens (including phenoxy) is 2. The molecule has 1 aromatic rings. The lowest BCUT2D eigenvalue weighted by molar-refractivity contribution is -0.137. The summed E-state index contributed by atoms with van der Waals surface area (Å²) in [7, 11) is 3.10. The molecule has 0 aromatic heterocycles. The maximum Gasteiger partial charge on any atom is 0.303 e. The van der Waals surface area contributed by atoms with E-state index in [1.807, 2.05) is 13.8 Å². The van der Waals surface area contributed by atoms with Crippen LogP contribution >= 0.6 is 11.6 Å². The Morgan fingerprint density at radius 2 is 1.95 bits per heavy atom. The molecule has 0 saturated carbocycles. The highest BCUT2D eigenvalue weighted by Crippen LogP contribution is 2.44. The quantitative estimate of drug-likeness (QED) is 0.806. The predicted octanol–water partition coefficient (Wildman–Crippen LogP) is 3.35. The molecular weight excluding hydrogens is 294 g/mol. The number of carboxylic acid groups (broad SMARTS) is 1. The van der Waals surface area contributed by atoms with Crippen molar-refractivity contribution in [2.24, 2.45) is 5.73 Å². The minimum absolute atomic E-state index is 0.0105. The van der Waals surface area contributed by atoms with Crippen molar-refractivity contribution < 1.29 is 19.4 Å². The van der Waals surface area contributed by atoms with Crippen LogP contribution in [0.1, 0.15) is 49.8 Å². The first-order valence-electron chi connectivity index (χ1n) is 6.75. The van der Waals surface area contributed by atoms with Gasteiger partial charge in [0, 0.05) is 29.1 Å². The first kappa shape index (κ1) is 17.6.